The summed E-state index contributed by atoms with van der Waals surface area (Å²) < 4.78 is 0. The van der Waals surface area contributed by atoms with Gasteiger partial charge in [0, 0.05) is 0 Å². The van der Waals surface area contributed by atoms with Crippen molar-refractivity contribution in [3.05, 3.63) is 27.7 Å². The van der Waals surface area contributed by atoms with E-state index in [2.05, 4.69) is 5.32 Å². The van der Waals surface area contributed by atoms with Gasteiger partial charge in [0.25, 0.3) is 0 Å². The monoisotopic (exact) mass is 344 g/mol. The third-order valence-corrected chi connectivity index (χ3v) is 5.33. The Labute approximate surface area is 140 Å². The van der Waals surface area contributed by atoms with Crippen molar-refractivity contribution in [3.8, 4) is 0 Å². The number of carbonyl (C=O) groups is 1. The molecule has 1 saturated carbocycles. The molecule has 0 aliphatic heterocycles. The Balaban J connectivity index is 2.32. The number of anilines is 1. The summed E-state index contributed by atoms with van der Waals surface area (Å²) in [5.74, 6) is -0.205. The van der Waals surface area contributed by atoms with E-state index >= 15 is 0 Å². The van der Waals surface area contributed by atoms with E-state index in [1.165, 1.54) is 0 Å². The van der Waals surface area contributed by atoms with E-state index in [0.717, 1.165) is 24.8 Å². The maximum absolute atomic E-state index is 12.8. The number of aryl methyl sites for hydroxylation is 1. The van der Waals surface area contributed by atoms with Gasteiger partial charge in [-0.3, -0.25) is 4.79 Å². The molecule has 1 aromatic rings. The maximum atomic E-state index is 12.8. The Morgan fingerprint density at radius 1 is 1.29 bits per heavy atom. The highest BCUT2D eigenvalue weighted by Crippen LogP contribution is 2.40. The first-order valence-corrected chi connectivity index (χ1v) is 8.11. The van der Waals surface area contributed by atoms with E-state index < -0.39 is 5.41 Å². The summed E-state index contributed by atoms with van der Waals surface area (Å²) in [6.07, 6.45) is 4.34. The van der Waals surface area contributed by atoms with E-state index in [9.17, 15) is 4.79 Å². The number of amides is 1. The average molecular weight is 345 g/mol. The minimum absolute atomic E-state index is 0.205. The smallest absolute Gasteiger partial charge is 0.237 e. The lowest BCUT2D eigenvalue weighted by Crippen LogP contribution is -2.47. The first kappa shape index (κ1) is 16.5. The zero-order valence-electron chi connectivity index (χ0n) is 11.8. The van der Waals surface area contributed by atoms with Crippen LogP contribution in [0.15, 0.2) is 12.1 Å². The molecule has 3 N–H and O–H groups in total. The first-order valence-electron chi connectivity index (χ1n) is 6.94. The van der Waals surface area contributed by atoms with Crippen LogP contribution in [0.2, 0.25) is 10.0 Å². The Morgan fingerprint density at radius 3 is 2.48 bits per heavy atom. The number of carbonyl (C=O) groups excluding carboxylic acids is 1. The van der Waals surface area contributed by atoms with Gasteiger partial charge in [-0.05, 0) is 31.4 Å². The fourth-order valence-corrected chi connectivity index (χ4v) is 3.51. The van der Waals surface area contributed by atoms with Crippen LogP contribution in [0.4, 0.5) is 5.69 Å². The third kappa shape index (κ3) is 3.17. The number of thiocarbonyl (C=S) groups is 1. The summed E-state index contributed by atoms with van der Waals surface area (Å²) in [5, 5.41) is 3.70. The normalized spacial score (nSPS) is 17.3. The summed E-state index contributed by atoms with van der Waals surface area (Å²) in [4.78, 5) is 13.0. The van der Waals surface area contributed by atoms with E-state index in [0.29, 0.717) is 28.6 Å². The van der Waals surface area contributed by atoms with Crippen LogP contribution in [0.1, 0.15) is 37.7 Å². The SMILES string of the molecule is Cc1ccc(Cl)c(NC(=O)C2(C(N)=S)CCCCC2)c1Cl. The molecule has 0 radical (unpaired) electrons. The van der Waals surface area contributed by atoms with Gasteiger partial charge in [-0.25, -0.2) is 0 Å². The lowest BCUT2D eigenvalue weighted by atomic mass is 9.73. The van der Waals surface area contributed by atoms with E-state index in [4.69, 9.17) is 41.2 Å². The molecule has 6 heteroatoms. The van der Waals surface area contributed by atoms with E-state index in [-0.39, 0.29) is 10.9 Å². The van der Waals surface area contributed by atoms with Gasteiger partial charge < -0.3 is 11.1 Å². The van der Waals surface area contributed by atoms with Crippen LogP contribution in [0.25, 0.3) is 0 Å². The zero-order valence-corrected chi connectivity index (χ0v) is 14.2. The summed E-state index contributed by atoms with van der Waals surface area (Å²) in [6, 6.07) is 3.52. The molecule has 114 valence electrons. The number of hydrogen-bond donors (Lipinski definition) is 2. The lowest BCUT2D eigenvalue weighted by Gasteiger charge is -2.35. The molecular formula is C15H18Cl2N2OS. The van der Waals surface area contributed by atoms with Gasteiger partial charge in [0.2, 0.25) is 5.91 Å². The highest BCUT2D eigenvalue weighted by Gasteiger charge is 2.42. The van der Waals surface area contributed by atoms with Crippen molar-refractivity contribution in [2.24, 2.45) is 11.1 Å². The van der Waals surface area contributed by atoms with Crippen LogP contribution >= 0.6 is 35.4 Å². The van der Waals surface area contributed by atoms with Crippen molar-refractivity contribution < 1.29 is 4.79 Å². The van der Waals surface area contributed by atoms with Gasteiger partial charge in [0.1, 0.15) is 0 Å². The molecule has 0 atom stereocenters. The molecule has 1 fully saturated rings. The van der Waals surface area contributed by atoms with Gasteiger partial charge in [0.15, 0.2) is 0 Å². The van der Waals surface area contributed by atoms with Crippen molar-refractivity contribution >= 4 is 52.0 Å². The van der Waals surface area contributed by atoms with Crippen LogP contribution in [0.5, 0.6) is 0 Å². The van der Waals surface area contributed by atoms with Crippen molar-refractivity contribution in [1.29, 1.82) is 0 Å². The van der Waals surface area contributed by atoms with Gasteiger partial charge in [-0.2, -0.15) is 0 Å². The van der Waals surface area contributed by atoms with Gasteiger partial charge in [-0.1, -0.05) is 60.7 Å². The van der Waals surface area contributed by atoms with Crippen LogP contribution in [0, 0.1) is 12.3 Å². The maximum Gasteiger partial charge on any atom is 0.237 e. The Morgan fingerprint density at radius 2 is 1.90 bits per heavy atom. The molecule has 1 amide bonds. The number of halogens is 2. The quantitative estimate of drug-likeness (QED) is 0.795. The molecule has 0 unspecified atom stereocenters. The molecule has 1 aromatic carbocycles. The fourth-order valence-electron chi connectivity index (χ4n) is 2.75. The van der Waals surface area contributed by atoms with Gasteiger partial charge in [0.05, 0.1) is 26.1 Å². The molecule has 3 nitrogen and oxygen atoms in total. The second-order valence-electron chi connectivity index (χ2n) is 5.51. The number of rotatable bonds is 3. The van der Waals surface area contributed by atoms with Crippen LogP contribution in [0.3, 0.4) is 0 Å². The number of hydrogen-bond acceptors (Lipinski definition) is 2. The standard InChI is InChI=1S/C15H18Cl2N2OS/c1-9-5-6-10(16)12(11(9)17)19-14(20)15(13(18)21)7-3-2-4-8-15/h5-6H,2-4,7-8H2,1H3,(H2,18,21)(H,19,20). The zero-order chi connectivity index (χ0) is 15.6. The predicted molar refractivity (Wildman–Crippen MR) is 92.1 cm³/mol. The Bertz CT molecular complexity index is 583. The second kappa shape index (κ2) is 6.51. The molecule has 0 bridgehead atoms. The predicted octanol–water partition coefficient (Wildman–Crippen LogP) is 4.48. The molecule has 0 heterocycles. The molecule has 2 rings (SSSR count). The topological polar surface area (TPSA) is 55.1 Å². The van der Waals surface area contributed by atoms with Crippen molar-refractivity contribution in [1.82, 2.24) is 0 Å². The Hall–Kier alpha value is -0.840. The minimum atomic E-state index is -0.788. The van der Waals surface area contributed by atoms with Crippen molar-refractivity contribution in [2.75, 3.05) is 5.32 Å². The fraction of sp³-hybridized carbons (Fsp3) is 0.467. The lowest BCUT2D eigenvalue weighted by molar-refractivity contribution is -0.123. The van der Waals surface area contributed by atoms with Crippen LogP contribution in [-0.2, 0) is 4.79 Å². The average Bonchev–Trinajstić information content (AvgIpc) is 2.48. The first-order chi connectivity index (χ1) is 9.88. The highest BCUT2D eigenvalue weighted by atomic mass is 35.5. The number of nitrogens with one attached hydrogen (secondary N) is 1. The largest absolute Gasteiger partial charge is 0.392 e. The molecule has 0 saturated heterocycles. The van der Waals surface area contributed by atoms with Gasteiger partial charge in [-0.15, -0.1) is 0 Å². The van der Waals surface area contributed by atoms with Crippen LogP contribution in [-0.4, -0.2) is 10.9 Å². The summed E-state index contributed by atoms with van der Waals surface area (Å²) in [7, 11) is 0. The summed E-state index contributed by atoms with van der Waals surface area (Å²) >= 11 is 17.6. The number of benzene rings is 1. The van der Waals surface area contributed by atoms with Gasteiger partial charge >= 0.3 is 0 Å². The number of nitrogens with two attached hydrogens (primary N) is 1. The minimum Gasteiger partial charge on any atom is -0.392 e. The van der Waals surface area contributed by atoms with Crippen molar-refractivity contribution in [2.45, 2.75) is 39.0 Å². The second-order valence-corrected chi connectivity index (χ2v) is 6.74. The summed E-state index contributed by atoms with van der Waals surface area (Å²) in [6.45, 7) is 1.86. The molecule has 0 aromatic heterocycles. The molecule has 0 spiro atoms. The Kier molecular flexibility index (Phi) is 5.12. The highest BCUT2D eigenvalue weighted by molar-refractivity contribution is 7.80. The molecule has 1 aliphatic rings. The molecular weight excluding hydrogens is 327 g/mol. The molecule has 21 heavy (non-hydrogen) atoms. The van der Waals surface area contributed by atoms with Crippen LogP contribution < -0.4 is 11.1 Å². The van der Waals surface area contributed by atoms with E-state index in [1.54, 1.807) is 6.07 Å². The van der Waals surface area contributed by atoms with Crippen molar-refractivity contribution in [3.63, 3.8) is 0 Å². The third-order valence-electron chi connectivity index (χ3n) is 4.14. The van der Waals surface area contributed by atoms with E-state index in [1.807, 2.05) is 13.0 Å². The summed E-state index contributed by atoms with van der Waals surface area (Å²) in [5.41, 5.74) is 6.37. The molecule has 1 aliphatic carbocycles.